The molecule has 0 aliphatic carbocycles. The largest absolute Gasteiger partial charge is 0.488 e. The van der Waals surface area contributed by atoms with Crippen LogP contribution in [0.3, 0.4) is 0 Å². The molecule has 3 aromatic rings. The molecule has 0 aromatic heterocycles. The van der Waals surface area contributed by atoms with Gasteiger partial charge in [-0.2, -0.15) is 0 Å². The van der Waals surface area contributed by atoms with E-state index in [9.17, 15) is 4.79 Å². The minimum Gasteiger partial charge on any atom is -0.488 e. The highest BCUT2D eigenvalue weighted by Crippen LogP contribution is 2.23. The summed E-state index contributed by atoms with van der Waals surface area (Å²) in [7, 11) is 0. The van der Waals surface area contributed by atoms with E-state index < -0.39 is 0 Å². The van der Waals surface area contributed by atoms with Crippen LogP contribution in [0.1, 0.15) is 15.9 Å². The summed E-state index contributed by atoms with van der Waals surface area (Å²) in [4.78, 5) is 17.3. The van der Waals surface area contributed by atoms with Crippen LogP contribution in [0.4, 0.5) is 5.69 Å². The zero-order chi connectivity index (χ0) is 19.2. The van der Waals surface area contributed by atoms with Gasteiger partial charge in [-0.15, -0.1) is 0 Å². The second-order valence-corrected chi connectivity index (χ2v) is 6.89. The van der Waals surface area contributed by atoms with Crippen LogP contribution in [0.25, 0.3) is 0 Å². The number of amides is 1. The first-order valence-electron chi connectivity index (χ1n) is 9.66. The molecule has 0 unspecified atom stereocenters. The van der Waals surface area contributed by atoms with Gasteiger partial charge >= 0.3 is 0 Å². The molecule has 3 aromatic carbocycles. The van der Waals surface area contributed by atoms with Gasteiger partial charge in [-0.25, -0.2) is 0 Å². The Morgan fingerprint density at radius 3 is 2.07 bits per heavy atom. The van der Waals surface area contributed by atoms with Crippen molar-refractivity contribution in [2.45, 2.75) is 6.61 Å². The molecule has 0 saturated carbocycles. The summed E-state index contributed by atoms with van der Waals surface area (Å²) in [5, 5.41) is 0. The molecule has 0 N–H and O–H groups in total. The highest BCUT2D eigenvalue weighted by Gasteiger charge is 2.24. The van der Waals surface area contributed by atoms with Crippen molar-refractivity contribution in [3.05, 3.63) is 96.1 Å². The van der Waals surface area contributed by atoms with Crippen molar-refractivity contribution in [3.63, 3.8) is 0 Å². The SMILES string of the molecule is O=C(c1ccccc1OCc1ccccc1)N1CCN(c2ccccc2)CC1. The molecule has 0 radical (unpaired) electrons. The Kier molecular flexibility index (Phi) is 5.57. The van der Waals surface area contributed by atoms with Gasteiger partial charge in [0.15, 0.2) is 0 Å². The number of hydrogen-bond acceptors (Lipinski definition) is 3. The summed E-state index contributed by atoms with van der Waals surface area (Å²) in [6, 6.07) is 27.9. The molecule has 1 fully saturated rings. The lowest BCUT2D eigenvalue weighted by Gasteiger charge is -2.36. The zero-order valence-corrected chi connectivity index (χ0v) is 15.8. The fourth-order valence-corrected chi connectivity index (χ4v) is 3.48. The van der Waals surface area contributed by atoms with Crippen LogP contribution in [-0.2, 0) is 6.61 Å². The van der Waals surface area contributed by atoms with E-state index in [2.05, 4.69) is 17.0 Å². The number of para-hydroxylation sites is 2. The Balaban J connectivity index is 1.41. The summed E-state index contributed by atoms with van der Waals surface area (Å²) in [6.45, 7) is 3.54. The van der Waals surface area contributed by atoms with E-state index in [1.807, 2.05) is 77.7 Å². The maximum absolute atomic E-state index is 13.1. The third-order valence-electron chi connectivity index (χ3n) is 5.04. The van der Waals surface area contributed by atoms with Gasteiger partial charge < -0.3 is 14.5 Å². The maximum Gasteiger partial charge on any atom is 0.257 e. The molecule has 0 bridgehead atoms. The first-order valence-corrected chi connectivity index (χ1v) is 9.66. The van der Waals surface area contributed by atoms with Crippen LogP contribution < -0.4 is 9.64 Å². The predicted molar refractivity (Wildman–Crippen MR) is 112 cm³/mol. The smallest absolute Gasteiger partial charge is 0.257 e. The lowest BCUT2D eigenvalue weighted by Crippen LogP contribution is -2.48. The molecule has 142 valence electrons. The maximum atomic E-state index is 13.1. The van der Waals surface area contributed by atoms with Crippen LogP contribution in [0, 0.1) is 0 Å². The van der Waals surface area contributed by atoms with E-state index in [1.165, 1.54) is 5.69 Å². The van der Waals surface area contributed by atoms with Crippen molar-refractivity contribution in [1.82, 2.24) is 4.90 Å². The first-order chi connectivity index (χ1) is 13.8. The molecule has 1 amide bonds. The predicted octanol–water partition coefficient (Wildman–Crippen LogP) is 4.23. The molecule has 4 nitrogen and oxygen atoms in total. The van der Waals surface area contributed by atoms with E-state index in [0.29, 0.717) is 31.0 Å². The van der Waals surface area contributed by atoms with E-state index in [4.69, 9.17) is 4.74 Å². The topological polar surface area (TPSA) is 32.8 Å². The quantitative estimate of drug-likeness (QED) is 0.672. The van der Waals surface area contributed by atoms with E-state index in [-0.39, 0.29) is 5.91 Å². The Bertz CT molecular complexity index is 904. The molecule has 1 aliphatic rings. The van der Waals surface area contributed by atoms with Gasteiger partial charge in [0.05, 0.1) is 5.56 Å². The molecule has 1 saturated heterocycles. The number of ether oxygens (including phenoxy) is 1. The third-order valence-corrected chi connectivity index (χ3v) is 5.04. The van der Waals surface area contributed by atoms with Crippen LogP contribution in [0.2, 0.25) is 0 Å². The van der Waals surface area contributed by atoms with Crippen LogP contribution in [-0.4, -0.2) is 37.0 Å². The molecule has 28 heavy (non-hydrogen) atoms. The second kappa shape index (κ2) is 8.61. The number of anilines is 1. The number of piperazine rings is 1. The molecule has 1 heterocycles. The zero-order valence-electron chi connectivity index (χ0n) is 15.8. The minimum atomic E-state index is 0.0383. The fraction of sp³-hybridized carbons (Fsp3) is 0.208. The van der Waals surface area contributed by atoms with Crippen molar-refractivity contribution in [1.29, 1.82) is 0 Å². The first kappa shape index (κ1) is 18.1. The highest BCUT2D eigenvalue weighted by atomic mass is 16.5. The standard InChI is InChI=1S/C24H24N2O2/c27-24(26-17-15-25(16-18-26)21-11-5-2-6-12-21)22-13-7-8-14-23(22)28-19-20-9-3-1-4-10-20/h1-14H,15-19H2. The lowest BCUT2D eigenvalue weighted by molar-refractivity contribution is 0.0742. The Morgan fingerprint density at radius 2 is 1.36 bits per heavy atom. The molecule has 4 heteroatoms. The lowest BCUT2D eigenvalue weighted by atomic mass is 10.1. The van der Waals surface area contributed by atoms with E-state index in [0.717, 1.165) is 18.7 Å². The average molecular weight is 372 g/mol. The molecule has 1 aliphatic heterocycles. The van der Waals surface area contributed by atoms with E-state index in [1.54, 1.807) is 0 Å². The molecular weight excluding hydrogens is 348 g/mol. The molecular formula is C24H24N2O2. The van der Waals surface area contributed by atoms with Gasteiger partial charge in [-0.1, -0.05) is 60.7 Å². The Morgan fingerprint density at radius 1 is 0.750 bits per heavy atom. The number of nitrogens with zero attached hydrogens (tertiary/aromatic N) is 2. The van der Waals surface area contributed by atoms with E-state index >= 15 is 0 Å². The number of carbonyl (C=O) groups is 1. The Hall–Kier alpha value is -3.27. The van der Waals surface area contributed by atoms with Crippen molar-refractivity contribution >= 4 is 11.6 Å². The normalized spacial score (nSPS) is 14.0. The van der Waals surface area contributed by atoms with Gasteiger partial charge in [-0.3, -0.25) is 4.79 Å². The number of rotatable bonds is 5. The summed E-state index contributed by atoms with van der Waals surface area (Å²) in [5.41, 5.74) is 2.93. The summed E-state index contributed by atoms with van der Waals surface area (Å²) < 4.78 is 5.97. The van der Waals surface area contributed by atoms with Gasteiger partial charge in [0.1, 0.15) is 12.4 Å². The van der Waals surface area contributed by atoms with Gasteiger partial charge in [0, 0.05) is 31.9 Å². The van der Waals surface area contributed by atoms with Crippen molar-refractivity contribution in [2.75, 3.05) is 31.1 Å². The minimum absolute atomic E-state index is 0.0383. The highest BCUT2D eigenvalue weighted by molar-refractivity contribution is 5.97. The molecule has 0 atom stereocenters. The summed E-state index contributed by atoms with van der Waals surface area (Å²) in [5.74, 6) is 0.679. The van der Waals surface area contributed by atoms with Crippen LogP contribution >= 0.6 is 0 Å². The van der Waals surface area contributed by atoms with Gasteiger partial charge in [-0.05, 0) is 29.8 Å². The van der Waals surface area contributed by atoms with Crippen LogP contribution in [0.15, 0.2) is 84.9 Å². The van der Waals surface area contributed by atoms with Gasteiger partial charge in [0.25, 0.3) is 5.91 Å². The second-order valence-electron chi connectivity index (χ2n) is 6.89. The third kappa shape index (κ3) is 4.17. The average Bonchev–Trinajstić information content (AvgIpc) is 2.79. The number of benzene rings is 3. The summed E-state index contributed by atoms with van der Waals surface area (Å²) in [6.07, 6.45) is 0. The van der Waals surface area contributed by atoms with Crippen molar-refractivity contribution in [2.24, 2.45) is 0 Å². The molecule has 0 spiro atoms. The number of carbonyl (C=O) groups excluding carboxylic acids is 1. The van der Waals surface area contributed by atoms with Crippen LogP contribution in [0.5, 0.6) is 5.75 Å². The van der Waals surface area contributed by atoms with Crippen molar-refractivity contribution in [3.8, 4) is 5.75 Å². The van der Waals surface area contributed by atoms with Gasteiger partial charge in [0.2, 0.25) is 0 Å². The fourth-order valence-electron chi connectivity index (χ4n) is 3.48. The van der Waals surface area contributed by atoms with Crippen molar-refractivity contribution < 1.29 is 9.53 Å². The molecule has 4 rings (SSSR count). The number of hydrogen-bond donors (Lipinski definition) is 0. The Labute approximate surface area is 166 Å². The summed E-state index contributed by atoms with van der Waals surface area (Å²) >= 11 is 0. The monoisotopic (exact) mass is 372 g/mol.